The van der Waals surface area contributed by atoms with E-state index in [4.69, 9.17) is 11.5 Å². The van der Waals surface area contributed by atoms with E-state index >= 15 is 0 Å². The normalized spacial score (nSPS) is 20.3. The van der Waals surface area contributed by atoms with Crippen LogP contribution in [0.1, 0.15) is 28.8 Å². The molecule has 0 unspecified atom stereocenters. The Bertz CT molecular complexity index is 532. The number of hydrogen-bond acceptors (Lipinski definition) is 5. The second kappa shape index (κ2) is 8.28. The van der Waals surface area contributed by atoms with E-state index in [-0.39, 0.29) is 23.0 Å². The Morgan fingerprint density at radius 3 is 2.45 bits per heavy atom. The molecule has 1 aliphatic carbocycles. The molecule has 0 radical (unpaired) electrons. The maximum absolute atomic E-state index is 12.1. The van der Waals surface area contributed by atoms with Crippen molar-refractivity contribution in [2.75, 3.05) is 13.1 Å². The molecule has 0 aliphatic heterocycles. The molecular formula is C15H20IN3O2S. The van der Waals surface area contributed by atoms with E-state index in [0.717, 1.165) is 18.4 Å². The molecule has 0 spiro atoms. The fraction of sp³-hybridized carbons (Fsp3) is 0.467. The average molecular weight is 433 g/mol. The molecule has 0 saturated heterocycles. The van der Waals surface area contributed by atoms with Crippen LogP contribution in [0.5, 0.6) is 0 Å². The highest BCUT2D eigenvalue weighted by Crippen LogP contribution is 2.31. The molecule has 1 amide bonds. The van der Waals surface area contributed by atoms with Gasteiger partial charge in [0.25, 0.3) is 5.91 Å². The predicted octanol–water partition coefficient (Wildman–Crippen LogP) is 1.93. The molecule has 0 bridgehead atoms. The minimum Gasteiger partial charge on any atom is -0.329 e. The number of benzene rings is 1. The van der Waals surface area contributed by atoms with Crippen LogP contribution in [0, 0.1) is 5.92 Å². The fourth-order valence-corrected chi connectivity index (χ4v) is 3.71. The Morgan fingerprint density at radius 1 is 1.27 bits per heavy atom. The van der Waals surface area contributed by atoms with Gasteiger partial charge in [0.05, 0.1) is 22.9 Å². The van der Waals surface area contributed by atoms with Crippen molar-refractivity contribution in [3.05, 3.63) is 35.4 Å². The lowest BCUT2D eigenvalue weighted by Gasteiger charge is -2.30. The van der Waals surface area contributed by atoms with Gasteiger partial charge in [-0.25, -0.2) is 0 Å². The summed E-state index contributed by atoms with van der Waals surface area (Å²) in [6, 6.07) is 7.58. The van der Waals surface area contributed by atoms with E-state index in [0.29, 0.717) is 24.4 Å². The first-order valence-corrected chi connectivity index (χ1v) is 9.15. The van der Waals surface area contributed by atoms with Crippen LogP contribution in [0.15, 0.2) is 24.3 Å². The Hall–Kier alpha value is -0.640. The van der Waals surface area contributed by atoms with E-state index in [9.17, 15) is 9.59 Å². The predicted molar refractivity (Wildman–Crippen MR) is 97.6 cm³/mol. The minimum absolute atomic E-state index is 0.0511. The molecule has 4 N–H and O–H groups in total. The van der Waals surface area contributed by atoms with Gasteiger partial charge in [-0.3, -0.25) is 12.7 Å². The summed E-state index contributed by atoms with van der Waals surface area (Å²) in [5.41, 5.74) is 12.8. The van der Waals surface area contributed by atoms with Crippen LogP contribution >= 0.6 is 34.6 Å². The highest BCUT2D eigenvalue weighted by atomic mass is 127. The molecular weight excluding hydrogens is 413 g/mol. The first-order chi connectivity index (χ1) is 10.5. The van der Waals surface area contributed by atoms with Crippen molar-refractivity contribution in [3.8, 4) is 0 Å². The monoisotopic (exact) mass is 433 g/mol. The summed E-state index contributed by atoms with van der Waals surface area (Å²) < 4.78 is 1.57. The number of amides is 1. The van der Waals surface area contributed by atoms with Crippen LogP contribution in [0.2, 0.25) is 0 Å². The molecule has 1 aromatic carbocycles. The highest BCUT2D eigenvalue weighted by molar-refractivity contribution is 14.1. The smallest absolute Gasteiger partial charge is 0.262 e. The van der Waals surface area contributed by atoms with Gasteiger partial charge in [-0.05, 0) is 30.5 Å². The van der Waals surface area contributed by atoms with Gasteiger partial charge in [-0.15, -0.1) is 0 Å². The van der Waals surface area contributed by atoms with Gasteiger partial charge in [0.1, 0.15) is 0 Å². The van der Waals surface area contributed by atoms with Gasteiger partial charge >= 0.3 is 0 Å². The van der Waals surface area contributed by atoms with Crippen molar-refractivity contribution < 1.29 is 9.59 Å². The van der Waals surface area contributed by atoms with Crippen LogP contribution in [0.4, 0.5) is 0 Å². The quantitative estimate of drug-likeness (QED) is 0.529. The zero-order chi connectivity index (χ0) is 16.1. The minimum atomic E-state index is -0.0511. The number of halogens is 1. The third-order valence-corrected chi connectivity index (χ3v) is 5.65. The first-order valence-electron chi connectivity index (χ1n) is 7.20. The van der Waals surface area contributed by atoms with Crippen LogP contribution in [0.25, 0.3) is 0 Å². The average Bonchev–Trinajstić information content (AvgIpc) is 2.49. The SMILES string of the molecule is NCCN(I)C(=O)c1ccc(CSC(=O)C2CC(N)C2)cc1. The zero-order valence-corrected chi connectivity index (χ0v) is 15.2. The van der Waals surface area contributed by atoms with Gasteiger partial charge in [0.15, 0.2) is 5.12 Å². The fourth-order valence-electron chi connectivity index (χ4n) is 2.23. The van der Waals surface area contributed by atoms with Crippen LogP contribution in [-0.2, 0) is 10.5 Å². The molecule has 1 aromatic rings. The van der Waals surface area contributed by atoms with E-state index in [2.05, 4.69) is 0 Å². The maximum atomic E-state index is 12.1. The van der Waals surface area contributed by atoms with Gasteiger partial charge in [-0.1, -0.05) is 23.9 Å². The van der Waals surface area contributed by atoms with E-state index in [1.807, 2.05) is 35.0 Å². The second-order valence-electron chi connectivity index (χ2n) is 5.41. The van der Waals surface area contributed by atoms with Crippen molar-refractivity contribution in [3.63, 3.8) is 0 Å². The number of hydrogen-bond donors (Lipinski definition) is 2. The van der Waals surface area contributed by atoms with Crippen LogP contribution < -0.4 is 11.5 Å². The Balaban J connectivity index is 1.84. The van der Waals surface area contributed by atoms with Gasteiger partial charge in [0, 0.05) is 36.4 Å². The van der Waals surface area contributed by atoms with Crippen molar-refractivity contribution in [1.82, 2.24) is 3.11 Å². The molecule has 1 saturated carbocycles. The molecule has 0 atom stereocenters. The van der Waals surface area contributed by atoms with Crippen molar-refractivity contribution in [1.29, 1.82) is 0 Å². The third kappa shape index (κ3) is 4.68. The molecule has 1 aliphatic rings. The molecule has 2 rings (SSSR count). The van der Waals surface area contributed by atoms with Crippen molar-refractivity contribution in [2.24, 2.45) is 17.4 Å². The molecule has 1 fully saturated rings. The van der Waals surface area contributed by atoms with Gasteiger partial charge in [-0.2, -0.15) is 0 Å². The summed E-state index contributed by atoms with van der Waals surface area (Å²) in [4.78, 5) is 24.0. The number of nitrogens with two attached hydrogens (primary N) is 2. The number of thioether (sulfide) groups is 1. The summed E-state index contributed by atoms with van der Waals surface area (Å²) in [6.45, 7) is 0.964. The number of carbonyl (C=O) groups is 2. The summed E-state index contributed by atoms with van der Waals surface area (Å²) in [5.74, 6) is 0.713. The number of rotatable bonds is 6. The van der Waals surface area contributed by atoms with E-state index in [1.165, 1.54) is 11.8 Å². The Kier molecular flexibility index (Phi) is 6.66. The topological polar surface area (TPSA) is 89.4 Å². The molecule has 0 aromatic heterocycles. The second-order valence-corrected chi connectivity index (χ2v) is 7.56. The Labute approximate surface area is 148 Å². The first kappa shape index (κ1) is 17.7. The summed E-state index contributed by atoms with van der Waals surface area (Å²) in [6.07, 6.45) is 1.62. The summed E-state index contributed by atoms with van der Waals surface area (Å²) >= 11 is 3.31. The summed E-state index contributed by atoms with van der Waals surface area (Å²) in [7, 11) is 0. The number of carbonyl (C=O) groups excluding carboxylic acids is 2. The van der Waals surface area contributed by atoms with Gasteiger partial charge in [0.2, 0.25) is 0 Å². The molecule has 22 heavy (non-hydrogen) atoms. The zero-order valence-electron chi connectivity index (χ0n) is 12.2. The standard InChI is InChI=1S/C15H20IN3O2S/c16-19(6-5-17)14(20)11-3-1-10(2-4-11)9-22-15(21)12-7-13(18)8-12/h1-4,12-13H,5-9,17-18H2. The van der Waals surface area contributed by atoms with Crippen LogP contribution in [-0.4, -0.2) is 33.3 Å². The summed E-state index contributed by atoms with van der Waals surface area (Å²) in [5, 5.41) is 0.225. The lowest BCUT2D eigenvalue weighted by atomic mass is 9.82. The van der Waals surface area contributed by atoms with E-state index < -0.39 is 0 Å². The molecule has 0 heterocycles. The lowest BCUT2D eigenvalue weighted by molar-refractivity contribution is -0.116. The Morgan fingerprint density at radius 2 is 1.91 bits per heavy atom. The lowest BCUT2D eigenvalue weighted by Crippen LogP contribution is -2.39. The molecule has 7 heteroatoms. The highest BCUT2D eigenvalue weighted by Gasteiger charge is 2.31. The van der Waals surface area contributed by atoms with Gasteiger partial charge < -0.3 is 11.5 Å². The van der Waals surface area contributed by atoms with Crippen molar-refractivity contribution >= 4 is 45.6 Å². The van der Waals surface area contributed by atoms with Crippen molar-refractivity contribution in [2.45, 2.75) is 24.6 Å². The molecule has 120 valence electrons. The molecule has 5 nitrogen and oxygen atoms in total. The maximum Gasteiger partial charge on any atom is 0.262 e. The van der Waals surface area contributed by atoms with E-state index in [1.54, 1.807) is 15.2 Å². The third-order valence-electron chi connectivity index (χ3n) is 3.64. The largest absolute Gasteiger partial charge is 0.329 e. The number of nitrogens with zero attached hydrogens (tertiary/aromatic N) is 1. The van der Waals surface area contributed by atoms with Crippen LogP contribution in [0.3, 0.4) is 0 Å².